The standard InChI is InChI=1S/C28H35NO5/c1-18(2)10-9-11-19(3)14-15-22-24(30)16-20(4)25(26(22)31)27(32)29-23(28(33)34-5)17-21-12-7-6-8-13-21/h6-8,10,12-14,16,23,30-31H,9,11,15,17H2,1-5H3,(H,29,32)/b19-14+/t23-/m0/s1. The van der Waals surface area contributed by atoms with E-state index in [0.29, 0.717) is 5.56 Å². The average molecular weight is 466 g/mol. The first-order chi connectivity index (χ1) is 16.1. The molecule has 0 unspecified atom stereocenters. The van der Waals surface area contributed by atoms with Crippen molar-refractivity contribution >= 4 is 11.9 Å². The lowest BCUT2D eigenvalue weighted by molar-refractivity contribution is -0.142. The molecule has 6 heteroatoms. The molecule has 1 amide bonds. The summed E-state index contributed by atoms with van der Waals surface area (Å²) in [5, 5.41) is 24.0. The first-order valence-corrected chi connectivity index (χ1v) is 11.4. The third-order valence-corrected chi connectivity index (χ3v) is 5.63. The van der Waals surface area contributed by atoms with Crippen LogP contribution in [0, 0.1) is 6.92 Å². The summed E-state index contributed by atoms with van der Waals surface area (Å²) in [4.78, 5) is 25.5. The summed E-state index contributed by atoms with van der Waals surface area (Å²) in [5.41, 5.74) is 3.95. The van der Waals surface area contributed by atoms with E-state index in [9.17, 15) is 19.8 Å². The number of carbonyl (C=O) groups excluding carboxylic acids is 2. The van der Waals surface area contributed by atoms with Crippen LogP contribution in [0.3, 0.4) is 0 Å². The number of hydrogen-bond acceptors (Lipinski definition) is 5. The number of esters is 1. The maximum absolute atomic E-state index is 13.1. The molecule has 3 N–H and O–H groups in total. The van der Waals surface area contributed by atoms with Gasteiger partial charge in [-0.1, -0.05) is 53.6 Å². The van der Waals surface area contributed by atoms with Gasteiger partial charge in [0, 0.05) is 12.0 Å². The van der Waals surface area contributed by atoms with E-state index < -0.39 is 17.9 Å². The van der Waals surface area contributed by atoms with Gasteiger partial charge in [0.1, 0.15) is 17.5 Å². The van der Waals surface area contributed by atoms with Gasteiger partial charge in [-0.15, -0.1) is 0 Å². The Balaban J connectivity index is 2.26. The molecule has 0 saturated carbocycles. The molecule has 2 aromatic carbocycles. The van der Waals surface area contributed by atoms with Gasteiger partial charge < -0.3 is 20.3 Å². The second kappa shape index (κ2) is 12.6. The molecule has 1 atom stereocenters. The van der Waals surface area contributed by atoms with Crippen LogP contribution in [0.15, 0.2) is 59.7 Å². The lowest BCUT2D eigenvalue weighted by Crippen LogP contribution is -2.43. The highest BCUT2D eigenvalue weighted by molar-refractivity contribution is 6.01. The number of benzene rings is 2. The number of methoxy groups -OCH3 is 1. The molecule has 0 aliphatic rings. The van der Waals surface area contributed by atoms with Crippen LogP contribution in [-0.4, -0.2) is 35.2 Å². The van der Waals surface area contributed by atoms with Gasteiger partial charge >= 0.3 is 5.97 Å². The van der Waals surface area contributed by atoms with E-state index in [1.54, 1.807) is 6.92 Å². The van der Waals surface area contributed by atoms with Crippen LogP contribution in [0.1, 0.15) is 60.7 Å². The molecule has 182 valence electrons. The molecule has 2 rings (SSSR count). The minimum atomic E-state index is -0.923. The fourth-order valence-corrected chi connectivity index (χ4v) is 3.69. The molecule has 0 fully saturated rings. The van der Waals surface area contributed by atoms with Crippen LogP contribution in [0.2, 0.25) is 0 Å². The molecule has 0 aliphatic heterocycles. The highest BCUT2D eigenvalue weighted by Gasteiger charge is 2.26. The molecule has 34 heavy (non-hydrogen) atoms. The summed E-state index contributed by atoms with van der Waals surface area (Å²) in [6.07, 6.45) is 6.42. The number of carbonyl (C=O) groups is 2. The summed E-state index contributed by atoms with van der Waals surface area (Å²) in [5.74, 6) is -1.55. The number of amides is 1. The number of allylic oxidation sites excluding steroid dienone is 4. The van der Waals surface area contributed by atoms with E-state index in [1.807, 2.05) is 43.3 Å². The Kier molecular flexibility index (Phi) is 9.92. The molecule has 0 aliphatic carbocycles. The minimum absolute atomic E-state index is 0.0327. The predicted molar refractivity (Wildman–Crippen MR) is 134 cm³/mol. The van der Waals surface area contributed by atoms with E-state index in [2.05, 4.69) is 25.2 Å². The smallest absolute Gasteiger partial charge is 0.328 e. The molecular formula is C28H35NO5. The summed E-state index contributed by atoms with van der Waals surface area (Å²) < 4.78 is 4.87. The third-order valence-electron chi connectivity index (χ3n) is 5.63. The molecule has 0 heterocycles. The van der Waals surface area contributed by atoms with Crippen molar-refractivity contribution in [3.05, 3.63) is 82.0 Å². The number of aryl methyl sites for hydroxylation is 1. The Bertz CT molecular complexity index is 1070. The number of phenols is 2. The van der Waals surface area contributed by atoms with E-state index in [1.165, 1.54) is 18.7 Å². The van der Waals surface area contributed by atoms with Crippen molar-refractivity contribution in [3.63, 3.8) is 0 Å². The topological polar surface area (TPSA) is 95.9 Å². The van der Waals surface area contributed by atoms with Crippen LogP contribution in [0.4, 0.5) is 0 Å². The monoisotopic (exact) mass is 465 g/mol. The van der Waals surface area contributed by atoms with Gasteiger partial charge in [0.2, 0.25) is 0 Å². The second-order valence-corrected chi connectivity index (χ2v) is 8.73. The zero-order valence-corrected chi connectivity index (χ0v) is 20.6. The van der Waals surface area contributed by atoms with Crippen LogP contribution in [0.25, 0.3) is 0 Å². The van der Waals surface area contributed by atoms with Gasteiger partial charge in [-0.3, -0.25) is 4.79 Å². The zero-order chi connectivity index (χ0) is 25.3. The quantitative estimate of drug-likeness (QED) is 0.333. The Hall–Kier alpha value is -3.54. The van der Waals surface area contributed by atoms with Crippen molar-refractivity contribution in [1.29, 1.82) is 0 Å². The Morgan fingerprint density at radius 1 is 1.09 bits per heavy atom. The fourth-order valence-electron chi connectivity index (χ4n) is 3.69. The predicted octanol–water partition coefficient (Wildman–Crippen LogP) is 5.16. The van der Waals surface area contributed by atoms with Crippen molar-refractivity contribution in [2.24, 2.45) is 0 Å². The van der Waals surface area contributed by atoms with Gasteiger partial charge in [0.25, 0.3) is 5.91 Å². The summed E-state index contributed by atoms with van der Waals surface area (Å²) in [6.45, 7) is 7.74. The van der Waals surface area contributed by atoms with Gasteiger partial charge in [-0.2, -0.15) is 0 Å². The van der Waals surface area contributed by atoms with E-state index in [4.69, 9.17) is 4.74 Å². The molecule has 6 nitrogen and oxygen atoms in total. The lowest BCUT2D eigenvalue weighted by atomic mass is 9.97. The van der Waals surface area contributed by atoms with Crippen LogP contribution >= 0.6 is 0 Å². The largest absolute Gasteiger partial charge is 0.508 e. The van der Waals surface area contributed by atoms with Crippen molar-refractivity contribution < 1.29 is 24.5 Å². The summed E-state index contributed by atoms with van der Waals surface area (Å²) >= 11 is 0. The van der Waals surface area contributed by atoms with Crippen molar-refractivity contribution in [2.75, 3.05) is 7.11 Å². The Morgan fingerprint density at radius 3 is 2.38 bits per heavy atom. The Labute approximate surface area is 202 Å². The normalized spacial score (nSPS) is 12.1. The molecule has 2 aromatic rings. The minimum Gasteiger partial charge on any atom is -0.508 e. The second-order valence-electron chi connectivity index (χ2n) is 8.73. The van der Waals surface area contributed by atoms with Gasteiger partial charge in [-0.25, -0.2) is 4.79 Å². The van der Waals surface area contributed by atoms with E-state index in [-0.39, 0.29) is 35.5 Å². The van der Waals surface area contributed by atoms with E-state index >= 15 is 0 Å². The first-order valence-electron chi connectivity index (χ1n) is 11.4. The SMILES string of the molecule is COC(=O)[C@H](Cc1ccccc1)NC(=O)c1c(C)cc(O)c(C/C=C(\C)CCC=C(C)C)c1O. The lowest BCUT2D eigenvalue weighted by Gasteiger charge is -2.19. The molecule has 0 bridgehead atoms. The van der Waals surface area contributed by atoms with Crippen LogP contribution < -0.4 is 5.32 Å². The highest BCUT2D eigenvalue weighted by Crippen LogP contribution is 2.34. The Morgan fingerprint density at radius 2 is 1.76 bits per heavy atom. The number of hydrogen-bond donors (Lipinski definition) is 3. The number of phenolic OH excluding ortho intramolecular Hbond substituents is 2. The number of rotatable bonds is 10. The number of aromatic hydroxyl groups is 2. The highest BCUT2D eigenvalue weighted by atomic mass is 16.5. The van der Waals surface area contributed by atoms with Crippen LogP contribution in [0.5, 0.6) is 11.5 Å². The summed E-state index contributed by atoms with van der Waals surface area (Å²) in [7, 11) is 1.26. The molecule has 0 spiro atoms. The van der Waals surface area contributed by atoms with Gasteiger partial charge in [-0.05, 0) is 64.2 Å². The number of nitrogens with one attached hydrogen (secondary N) is 1. The first kappa shape index (κ1) is 26.7. The van der Waals surface area contributed by atoms with Crippen molar-refractivity contribution in [2.45, 2.75) is 59.4 Å². The molecular weight excluding hydrogens is 430 g/mol. The maximum Gasteiger partial charge on any atom is 0.328 e. The average Bonchev–Trinajstić information content (AvgIpc) is 2.78. The fraction of sp³-hybridized carbons (Fsp3) is 0.357. The van der Waals surface area contributed by atoms with Crippen molar-refractivity contribution in [3.8, 4) is 11.5 Å². The maximum atomic E-state index is 13.1. The van der Waals surface area contributed by atoms with Gasteiger partial charge in [0.15, 0.2) is 0 Å². The zero-order valence-electron chi connectivity index (χ0n) is 20.6. The number of ether oxygens (including phenoxy) is 1. The molecule has 0 saturated heterocycles. The molecule has 0 radical (unpaired) electrons. The molecule has 0 aromatic heterocycles. The third kappa shape index (κ3) is 7.51. The van der Waals surface area contributed by atoms with Crippen LogP contribution in [-0.2, 0) is 22.4 Å². The van der Waals surface area contributed by atoms with E-state index in [0.717, 1.165) is 24.0 Å². The van der Waals surface area contributed by atoms with Crippen molar-refractivity contribution in [1.82, 2.24) is 5.32 Å². The van der Waals surface area contributed by atoms with Gasteiger partial charge in [0.05, 0.1) is 12.7 Å². The summed E-state index contributed by atoms with van der Waals surface area (Å²) in [6, 6.07) is 9.82.